The number of nitrogens with zero attached hydrogens (tertiary/aromatic N) is 2. The second kappa shape index (κ2) is 9.85. The Morgan fingerprint density at radius 3 is 2.64 bits per heavy atom. The van der Waals surface area contributed by atoms with Crippen LogP contribution in [0.1, 0.15) is 31.4 Å². The first kappa shape index (κ1) is 23.1. The number of rotatable bonds is 7. The van der Waals surface area contributed by atoms with Gasteiger partial charge in [-0.25, -0.2) is 0 Å². The zero-order chi connectivity index (χ0) is 23.5. The molecule has 0 saturated carbocycles. The highest BCUT2D eigenvalue weighted by atomic mass is 35.5. The highest BCUT2D eigenvalue weighted by Crippen LogP contribution is 2.34. The summed E-state index contributed by atoms with van der Waals surface area (Å²) in [4.78, 5) is 38.6. The van der Waals surface area contributed by atoms with Crippen molar-refractivity contribution in [3.63, 3.8) is 0 Å². The van der Waals surface area contributed by atoms with Gasteiger partial charge in [0.15, 0.2) is 0 Å². The zero-order valence-corrected chi connectivity index (χ0v) is 19.9. The summed E-state index contributed by atoms with van der Waals surface area (Å²) in [6, 6.07) is 15.5. The molecule has 1 aliphatic rings. The Labute approximate surface area is 201 Å². The van der Waals surface area contributed by atoms with Crippen LogP contribution in [0.3, 0.4) is 0 Å². The van der Waals surface area contributed by atoms with Gasteiger partial charge in [-0.1, -0.05) is 54.9 Å². The van der Waals surface area contributed by atoms with E-state index in [0.717, 1.165) is 38.7 Å². The molecule has 1 atom stereocenters. The molecule has 2 amide bonds. The number of fused-ring (bicyclic) bond motifs is 1. The number of aromatic nitrogens is 1. The average molecular weight is 483 g/mol. The second-order valence-electron chi connectivity index (χ2n) is 7.80. The van der Waals surface area contributed by atoms with Gasteiger partial charge in [0.25, 0.3) is 11.1 Å². The van der Waals surface area contributed by atoms with Gasteiger partial charge in [-0.05, 0) is 48.9 Å². The van der Waals surface area contributed by atoms with Crippen LogP contribution in [0, 0.1) is 0 Å². The molecule has 2 heterocycles. The first-order valence-electron chi connectivity index (χ1n) is 10.6. The second-order valence-corrected chi connectivity index (χ2v) is 9.20. The molecule has 170 valence electrons. The molecule has 8 heteroatoms. The van der Waals surface area contributed by atoms with Crippen LogP contribution in [0.2, 0.25) is 5.02 Å². The molecule has 1 aromatic heterocycles. The standard InChI is InChI=1S/C25H23ClN2O4S/c1-3-16(2)32-23(29)15-28-24(30)22(33-25(28)31)12-18-14-27(21-11-7-5-9-19(18)21)13-17-8-4-6-10-20(17)26/h4-12,14,16H,3,13,15H2,1-2H3/b22-12+/t16-/m1/s1. The van der Waals surface area contributed by atoms with Crippen molar-refractivity contribution in [3.05, 3.63) is 75.8 Å². The van der Waals surface area contributed by atoms with Crippen molar-refractivity contribution in [2.24, 2.45) is 0 Å². The smallest absolute Gasteiger partial charge is 0.326 e. The summed E-state index contributed by atoms with van der Waals surface area (Å²) in [6.45, 7) is 3.84. The number of hydrogen-bond donors (Lipinski definition) is 0. The molecular formula is C25H23ClN2O4S. The summed E-state index contributed by atoms with van der Waals surface area (Å²) in [5.41, 5.74) is 2.77. The van der Waals surface area contributed by atoms with Crippen LogP contribution in [0.15, 0.2) is 59.6 Å². The molecule has 3 aromatic rings. The maximum atomic E-state index is 12.9. The lowest BCUT2D eigenvalue weighted by molar-refractivity contribution is -0.150. The van der Waals surface area contributed by atoms with Gasteiger partial charge in [0.1, 0.15) is 6.54 Å². The third-order valence-electron chi connectivity index (χ3n) is 5.47. The first-order chi connectivity index (χ1) is 15.9. The number of carbonyl (C=O) groups is 3. The fourth-order valence-corrected chi connectivity index (χ4v) is 4.61. The summed E-state index contributed by atoms with van der Waals surface area (Å²) in [5, 5.41) is 1.15. The van der Waals surface area contributed by atoms with Crippen LogP contribution < -0.4 is 0 Å². The molecular weight excluding hydrogens is 460 g/mol. The monoisotopic (exact) mass is 482 g/mol. The van der Waals surface area contributed by atoms with E-state index in [0.29, 0.717) is 18.0 Å². The molecule has 0 radical (unpaired) electrons. The molecule has 4 rings (SSSR count). The van der Waals surface area contributed by atoms with Gasteiger partial charge in [0.05, 0.1) is 11.0 Å². The van der Waals surface area contributed by atoms with Gasteiger partial charge in [0, 0.05) is 34.2 Å². The van der Waals surface area contributed by atoms with Crippen LogP contribution >= 0.6 is 23.4 Å². The molecule has 33 heavy (non-hydrogen) atoms. The van der Waals surface area contributed by atoms with Crippen molar-refractivity contribution in [1.82, 2.24) is 9.47 Å². The lowest BCUT2D eigenvalue weighted by Crippen LogP contribution is -2.35. The van der Waals surface area contributed by atoms with Gasteiger partial charge >= 0.3 is 5.97 Å². The van der Waals surface area contributed by atoms with Crippen LogP contribution in [0.25, 0.3) is 17.0 Å². The topological polar surface area (TPSA) is 68.6 Å². The van der Waals surface area contributed by atoms with Gasteiger partial charge < -0.3 is 9.30 Å². The van der Waals surface area contributed by atoms with Crippen molar-refractivity contribution >= 4 is 57.5 Å². The highest BCUT2D eigenvalue weighted by Gasteiger charge is 2.37. The largest absolute Gasteiger partial charge is 0.461 e. The highest BCUT2D eigenvalue weighted by molar-refractivity contribution is 8.18. The Morgan fingerprint density at radius 2 is 1.88 bits per heavy atom. The van der Waals surface area contributed by atoms with Crippen LogP contribution in [0.4, 0.5) is 4.79 Å². The van der Waals surface area contributed by atoms with Crippen molar-refractivity contribution in [1.29, 1.82) is 0 Å². The minimum Gasteiger partial charge on any atom is -0.461 e. The molecule has 0 aliphatic carbocycles. The van der Waals surface area contributed by atoms with Gasteiger partial charge in [-0.3, -0.25) is 19.3 Å². The predicted octanol–water partition coefficient (Wildman–Crippen LogP) is 5.72. The quantitative estimate of drug-likeness (QED) is 0.318. The van der Waals surface area contributed by atoms with E-state index in [4.69, 9.17) is 16.3 Å². The lowest BCUT2D eigenvalue weighted by Gasteiger charge is -2.14. The minimum absolute atomic E-state index is 0.266. The number of para-hydroxylation sites is 1. The molecule has 0 spiro atoms. The number of esters is 1. The molecule has 2 aromatic carbocycles. The van der Waals surface area contributed by atoms with E-state index in [2.05, 4.69) is 4.57 Å². The fourth-order valence-electron chi connectivity index (χ4n) is 3.58. The van der Waals surface area contributed by atoms with E-state index < -0.39 is 17.1 Å². The number of benzene rings is 2. The number of halogens is 1. The fraction of sp³-hybridized carbons (Fsp3) is 0.240. The van der Waals surface area contributed by atoms with E-state index in [9.17, 15) is 14.4 Å². The van der Waals surface area contributed by atoms with Crippen molar-refractivity contribution in [2.45, 2.75) is 32.9 Å². The predicted molar refractivity (Wildman–Crippen MR) is 131 cm³/mol. The number of carbonyl (C=O) groups excluding carboxylic acids is 3. The minimum atomic E-state index is -0.593. The number of ether oxygens (including phenoxy) is 1. The molecule has 1 aliphatic heterocycles. The van der Waals surface area contributed by atoms with Crippen LogP contribution in [-0.2, 0) is 20.9 Å². The maximum absolute atomic E-state index is 12.9. The average Bonchev–Trinajstić information content (AvgIpc) is 3.27. The Kier molecular flexibility index (Phi) is 6.91. The molecule has 0 N–H and O–H groups in total. The number of thioether (sulfide) groups is 1. The normalized spacial score (nSPS) is 16.1. The molecule has 6 nitrogen and oxygen atoms in total. The lowest BCUT2D eigenvalue weighted by atomic mass is 10.1. The summed E-state index contributed by atoms with van der Waals surface area (Å²) in [7, 11) is 0. The Morgan fingerprint density at radius 1 is 1.15 bits per heavy atom. The van der Waals surface area contributed by atoms with Gasteiger partial charge in [0.2, 0.25) is 0 Å². The molecule has 0 unspecified atom stereocenters. The Hall–Kier alpha value is -3.03. The number of hydrogen-bond acceptors (Lipinski definition) is 5. The number of imide groups is 1. The Balaban J connectivity index is 1.61. The third-order valence-corrected chi connectivity index (χ3v) is 6.75. The molecule has 1 fully saturated rings. The molecule has 1 saturated heterocycles. The first-order valence-corrected chi connectivity index (χ1v) is 11.8. The van der Waals surface area contributed by atoms with Crippen LogP contribution in [0.5, 0.6) is 0 Å². The summed E-state index contributed by atoms with van der Waals surface area (Å²) in [6.07, 6.45) is 4.04. The maximum Gasteiger partial charge on any atom is 0.326 e. The summed E-state index contributed by atoms with van der Waals surface area (Å²) >= 11 is 7.18. The van der Waals surface area contributed by atoms with Gasteiger partial charge in [-0.15, -0.1) is 0 Å². The summed E-state index contributed by atoms with van der Waals surface area (Å²) < 4.78 is 7.28. The van der Waals surface area contributed by atoms with Crippen molar-refractivity contribution < 1.29 is 19.1 Å². The van der Waals surface area contributed by atoms with Gasteiger partial charge in [-0.2, -0.15) is 0 Å². The van der Waals surface area contributed by atoms with E-state index in [1.54, 1.807) is 13.0 Å². The summed E-state index contributed by atoms with van der Waals surface area (Å²) in [5.74, 6) is -1.08. The van der Waals surface area contributed by atoms with Crippen molar-refractivity contribution in [2.75, 3.05) is 6.54 Å². The molecule has 0 bridgehead atoms. The number of amides is 2. The SMILES string of the molecule is CC[C@@H](C)OC(=O)CN1C(=O)S/C(=C/c2cn(Cc3ccccc3Cl)c3ccccc23)C1=O. The van der Waals surface area contributed by atoms with E-state index in [-0.39, 0.29) is 17.6 Å². The third kappa shape index (κ3) is 4.99. The zero-order valence-electron chi connectivity index (χ0n) is 18.3. The van der Waals surface area contributed by atoms with E-state index >= 15 is 0 Å². The van der Waals surface area contributed by atoms with E-state index in [1.165, 1.54) is 0 Å². The van der Waals surface area contributed by atoms with Crippen molar-refractivity contribution in [3.8, 4) is 0 Å². The Bertz CT molecular complexity index is 1270. The van der Waals surface area contributed by atoms with E-state index in [1.807, 2.05) is 61.7 Å². The van der Waals surface area contributed by atoms with Crippen LogP contribution in [-0.4, -0.2) is 39.2 Å².